The predicted octanol–water partition coefficient (Wildman–Crippen LogP) is 5.34. The van der Waals surface area contributed by atoms with Crippen molar-refractivity contribution in [3.8, 4) is 11.3 Å². The summed E-state index contributed by atoms with van der Waals surface area (Å²) in [6.07, 6.45) is 5.37. The van der Waals surface area contributed by atoms with E-state index in [2.05, 4.69) is 26.7 Å². The molecule has 0 radical (unpaired) electrons. The van der Waals surface area contributed by atoms with Gasteiger partial charge in [-0.05, 0) is 24.6 Å². The number of rotatable bonds is 6. The molecule has 0 aliphatic heterocycles. The Morgan fingerprint density at radius 3 is 2.90 bits per heavy atom. The molecule has 0 amide bonds. The first kappa shape index (κ1) is 18.9. The summed E-state index contributed by atoms with van der Waals surface area (Å²) >= 11 is 3.03. The zero-order valence-electron chi connectivity index (χ0n) is 16.1. The van der Waals surface area contributed by atoms with E-state index in [0.717, 1.165) is 17.3 Å². The summed E-state index contributed by atoms with van der Waals surface area (Å²) in [5.74, 6) is 1.31. The van der Waals surface area contributed by atoms with Gasteiger partial charge in [0.15, 0.2) is 5.16 Å². The number of aromatic amines is 1. The van der Waals surface area contributed by atoms with Gasteiger partial charge in [-0.25, -0.2) is 9.97 Å². The van der Waals surface area contributed by atoms with Crippen LogP contribution in [0.3, 0.4) is 0 Å². The number of hydrogen-bond donors (Lipinski definition) is 1. The van der Waals surface area contributed by atoms with Crippen LogP contribution in [0.15, 0.2) is 80.9 Å². The second-order valence-electron chi connectivity index (χ2n) is 6.84. The van der Waals surface area contributed by atoms with Crippen molar-refractivity contribution in [1.82, 2.24) is 19.5 Å². The van der Waals surface area contributed by atoms with Crippen LogP contribution in [0.1, 0.15) is 23.6 Å². The number of thioether (sulfide) groups is 1. The Hall–Kier alpha value is -3.10. The van der Waals surface area contributed by atoms with Gasteiger partial charge in [-0.15, -0.1) is 11.3 Å². The third-order valence-corrected chi connectivity index (χ3v) is 6.79. The SMILES string of the molecule is CC(Sc1nccn1Cc1ccccc1)c1nc2scc(-c3ccco3)c2c(=O)[nH]1. The van der Waals surface area contributed by atoms with E-state index in [1.807, 2.05) is 48.8 Å². The van der Waals surface area contributed by atoms with Crippen molar-refractivity contribution in [3.63, 3.8) is 0 Å². The van der Waals surface area contributed by atoms with Gasteiger partial charge in [-0.2, -0.15) is 0 Å². The average molecular weight is 435 g/mol. The summed E-state index contributed by atoms with van der Waals surface area (Å²) < 4.78 is 7.57. The largest absolute Gasteiger partial charge is 0.464 e. The smallest absolute Gasteiger partial charge is 0.260 e. The number of imidazole rings is 1. The molecule has 5 aromatic rings. The fourth-order valence-corrected chi connectivity index (χ4v) is 5.16. The van der Waals surface area contributed by atoms with E-state index in [1.54, 1.807) is 24.2 Å². The molecule has 4 aromatic heterocycles. The molecule has 0 saturated heterocycles. The van der Waals surface area contributed by atoms with Gasteiger partial charge in [0.2, 0.25) is 0 Å². The molecule has 0 bridgehead atoms. The van der Waals surface area contributed by atoms with Gasteiger partial charge in [-0.3, -0.25) is 4.79 Å². The van der Waals surface area contributed by atoms with Crippen molar-refractivity contribution in [2.75, 3.05) is 0 Å². The Balaban J connectivity index is 1.42. The molecule has 0 aliphatic carbocycles. The number of hydrogen-bond acceptors (Lipinski definition) is 6. The first-order chi connectivity index (χ1) is 14.7. The maximum atomic E-state index is 12.8. The minimum atomic E-state index is -0.150. The lowest BCUT2D eigenvalue weighted by Gasteiger charge is -2.12. The van der Waals surface area contributed by atoms with Gasteiger partial charge in [0.1, 0.15) is 16.4 Å². The van der Waals surface area contributed by atoms with Crippen LogP contribution in [-0.4, -0.2) is 19.5 Å². The average Bonchev–Trinajstić information content (AvgIpc) is 3.50. The predicted molar refractivity (Wildman–Crippen MR) is 120 cm³/mol. The van der Waals surface area contributed by atoms with E-state index in [-0.39, 0.29) is 10.8 Å². The zero-order chi connectivity index (χ0) is 20.5. The van der Waals surface area contributed by atoms with E-state index < -0.39 is 0 Å². The Labute approximate surface area is 180 Å². The molecule has 4 heterocycles. The molecule has 8 heteroatoms. The third-order valence-electron chi connectivity index (χ3n) is 4.79. The van der Waals surface area contributed by atoms with Gasteiger partial charge < -0.3 is 14.0 Å². The van der Waals surface area contributed by atoms with Gasteiger partial charge in [0.05, 0.1) is 16.9 Å². The highest BCUT2D eigenvalue weighted by Gasteiger charge is 2.19. The van der Waals surface area contributed by atoms with E-state index in [9.17, 15) is 4.79 Å². The lowest BCUT2D eigenvalue weighted by atomic mass is 10.2. The van der Waals surface area contributed by atoms with Crippen LogP contribution in [-0.2, 0) is 6.54 Å². The Morgan fingerprint density at radius 2 is 2.10 bits per heavy atom. The second kappa shape index (κ2) is 7.97. The molecule has 5 rings (SSSR count). The number of fused-ring (bicyclic) bond motifs is 1. The molecule has 0 aliphatic rings. The van der Waals surface area contributed by atoms with Gasteiger partial charge in [-0.1, -0.05) is 42.1 Å². The normalized spacial score (nSPS) is 12.4. The quantitative estimate of drug-likeness (QED) is 0.365. The van der Waals surface area contributed by atoms with Crippen LogP contribution >= 0.6 is 23.1 Å². The van der Waals surface area contributed by atoms with Crippen LogP contribution in [0.4, 0.5) is 0 Å². The molecule has 1 aromatic carbocycles. The Morgan fingerprint density at radius 1 is 1.23 bits per heavy atom. The summed E-state index contributed by atoms with van der Waals surface area (Å²) in [7, 11) is 0. The first-order valence-electron chi connectivity index (χ1n) is 9.46. The fourth-order valence-electron chi connectivity index (χ4n) is 3.30. The Kier molecular flexibility index (Phi) is 5.02. The number of H-pyrrole nitrogens is 1. The Bertz CT molecular complexity index is 1340. The second-order valence-corrected chi connectivity index (χ2v) is 9.01. The van der Waals surface area contributed by atoms with Crippen LogP contribution in [0, 0.1) is 0 Å². The number of furan rings is 1. The number of thiophene rings is 1. The van der Waals surface area contributed by atoms with Crippen LogP contribution < -0.4 is 5.56 Å². The monoisotopic (exact) mass is 434 g/mol. The van der Waals surface area contributed by atoms with Gasteiger partial charge in [0, 0.05) is 29.9 Å². The van der Waals surface area contributed by atoms with Crippen molar-refractivity contribution in [2.24, 2.45) is 0 Å². The van der Waals surface area contributed by atoms with E-state index in [4.69, 9.17) is 9.40 Å². The summed E-state index contributed by atoms with van der Waals surface area (Å²) in [5.41, 5.74) is 1.84. The molecule has 1 unspecified atom stereocenters. The van der Waals surface area contributed by atoms with E-state index >= 15 is 0 Å². The maximum Gasteiger partial charge on any atom is 0.260 e. The minimum absolute atomic E-state index is 0.0619. The standard InChI is InChI=1S/C22H18N4O2S2/c1-14(30-22-23-9-10-26(22)12-15-6-3-2-4-7-15)19-24-20(27)18-16(13-29-21(18)25-19)17-8-5-11-28-17/h2-11,13-14H,12H2,1H3,(H,24,25,27). The van der Waals surface area contributed by atoms with Crippen LogP contribution in [0.2, 0.25) is 0 Å². The molecule has 1 atom stereocenters. The lowest BCUT2D eigenvalue weighted by molar-refractivity contribution is 0.583. The van der Waals surface area contributed by atoms with Crippen molar-refractivity contribution < 1.29 is 4.42 Å². The summed E-state index contributed by atoms with van der Waals surface area (Å²) in [5, 5.41) is 3.31. The summed E-state index contributed by atoms with van der Waals surface area (Å²) in [4.78, 5) is 25.7. The van der Waals surface area contributed by atoms with Crippen molar-refractivity contribution >= 4 is 33.3 Å². The highest BCUT2D eigenvalue weighted by molar-refractivity contribution is 7.99. The lowest BCUT2D eigenvalue weighted by Crippen LogP contribution is -2.12. The molecular weight excluding hydrogens is 416 g/mol. The fraction of sp³-hybridized carbons (Fsp3) is 0.136. The van der Waals surface area contributed by atoms with E-state index in [0.29, 0.717) is 21.8 Å². The van der Waals surface area contributed by atoms with Crippen molar-refractivity contribution in [1.29, 1.82) is 0 Å². The molecule has 150 valence electrons. The highest BCUT2D eigenvalue weighted by Crippen LogP contribution is 2.35. The van der Waals surface area contributed by atoms with Crippen LogP contribution in [0.25, 0.3) is 21.5 Å². The molecule has 1 N–H and O–H groups in total. The number of nitrogens with one attached hydrogen (secondary N) is 1. The molecule has 0 saturated carbocycles. The molecule has 6 nitrogen and oxygen atoms in total. The minimum Gasteiger partial charge on any atom is -0.464 e. The third kappa shape index (κ3) is 3.59. The van der Waals surface area contributed by atoms with Crippen molar-refractivity contribution in [3.05, 3.63) is 88.2 Å². The van der Waals surface area contributed by atoms with Crippen LogP contribution in [0.5, 0.6) is 0 Å². The highest BCUT2D eigenvalue weighted by atomic mass is 32.2. The number of benzene rings is 1. The number of nitrogens with zero attached hydrogens (tertiary/aromatic N) is 3. The number of aromatic nitrogens is 4. The molecule has 0 spiro atoms. The van der Waals surface area contributed by atoms with Gasteiger partial charge >= 0.3 is 0 Å². The van der Waals surface area contributed by atoms with E-state index in [1.165, 1.54) is 16.9 Å². The van der Waals surface area contributed by atoms with Crippen molar-refractivity contribution in [2.45, 2.75) is 23.9 Å². The first-order valence-corrected chi connectivity index (χ1v) is 11.2. The summed E-state index contributed by atoms with van der Waals surface area (Å²) in [6.45, 7) is 2.77. The molecule has 30 heavy (non-hydrogen) atoms. The topological polar surface area (TPSA) is 76.7 Å². The molecule has 0 fully saturated rings. The zero-order valence-corrected chi connectivity index (χ0v) is 17.7. The molecular formula is C22H18N4O2S2. The van der Waals surface area contributed by atoms with Gasteiger partial charge in [0.25, 0.3) is 5.56 Å². The summed E-state index contributed by atoms with van der Waals surface area (Å²) in [6, 6.07) is 13.9. The maximum absolute atomic E-state index is 12.8.